The summed E-state index contributed by atoms with van der Waals surface area (Å²) in [6.45, 7) is 6.38. The maximum atomic E-state index is 13.7. The number of piperidine rings is 1. The van der Waals surface area contributed by atoms with Gasteiger partial charge in [-0.1, -0.05) is 30.8 Å². The Morgan fingerprint density at radius 2 is 2.03 bits per heavy atom. The molecule has 0 radical (unpaired) electrons. The van der Waals surface area contributed by atoms with Crippen molar-refractivity contribution in [1.29, 1.82) is 0 Å². The van der Waals surface area contributed by atoms with Crippen LogP contribution in [0.5, 0.6) is 5.75 Å². The summed E-state index contributed by atoms with van der Waals surface area (Å²) in [6.07, 6.45) is 4.79. The van der Waals surface area contributed by atoms with E-state index in [0.717, 1.165) is 56.1 Å². The van der Waals surface area contributed by atoms with E-state index in [1.165, 1.54) is 18.9 Å². The Morgan fingerprint density at radius 1 is 1.21 bits per heavy atom. The summed E-state index contributed by atoms with van der Waals surface area (Å²) in [5.41, 5.74) is 0. The first-order valence-corrected chi connectivity index (χ1v) is 11.5. The first-order chi connectivity index (χ1) is 14.2. The number of aromatic nitrogens is 3. The van der Waals surface area contributed by atoms with Gasteiger partial charge < -0.3 is 14.4 Å². The van der Waals surface area contributed by atoms with Gasteiger partial charge in [0, 0.05) is 25.4 Å². The number of hydrogen-bond acceptors (Lipinski definition) is 6. The third-order valence-electron chi connectivity index (χ3n) is 5.58. The molecule has 0 saturated carbocycles. The molecule has 4 rings (SSSR count). The van der Waals surface area contributed by atoms with Crippen LogP contribution >= 0.6 is 11.8 Å². The molecule has 158 valence electrons. The lowest BCUT2D eigenvalue weighted by Gasteiger charge is -2.31. The Bertz CT molecular complexity index is 789. The molecule has 0 spiro atoms. The Labute approximate surface area is 175 Å². The van der Waals surface area contributed by atoms with Crippen LogP contribution in [0, 0.1) is 11.7 Å². The van der Waals surface area contributed by atoms with Gasteiger partial charge in [-0.25, -0.2) is 4.39 Å². The number of para-hydroxylation sites is 1. The van der Waals surface area contributed by atoms with Gasteiger partial charge in [-0.15, -0.1) is 10.2 Å². The number of rotatable bonds is 8. The number of anilines is 1. The topological polar surface area (TPSA) is 52.4 Å². The summed E-state index contributed by atoms with van der Waals surface area (Å²) < 4.78 is 27.3. The zero-order chi connectivity index (χ0) is 20.1. The third kappa shape index (κ3) is 5.22. The van der Waals surface area contributed by atoms with Gasteiger partial charge in [-0.2, -0.15) is 0 Å². The second-order valence-corrected chi connectivity index (χ2v) is 8.89. The van der Waals surface area contributed by atoms with Gasteiger partial charge in [-0.05, 0) is 43.7 Å². The van der Waals surface area contributed by atoms with Crippen molar-refractivity contribution >= 4 is 17.7 Å². The van der Waals surface area contributed by atoms with E-state index < -0.39 is 0 Å². The Hall–Kier alpha value is -1.80. The van der Waals surface area contributed by atoms with Crippen LogP contribution in [-0.2, 0) is 11.3 Å². The molecule has 3 heterocycles. The molecule has 2 aliphatic rings. The lowest BCUT2D eigenvalue weighted by atomic mass is 10.00. The maximum Gasteiger partial charge on any atom is 0.228 e. The van der Waals surface area contributed by atoms with Crippen LogP contribution in [0.25, 0.3) is 0 Å². The average molecular weight is 421 g/mol. The predicted molar refractivity (Wildman–Crippen MR) is 112 cm³/mol. The fourth-order valence-electron chi connectivity index (χ4n) is 3.83. The van der Waals surface area contributed by atoms with E-state index in [4.69, 9.17) is 9.47 Å². The van der Waals surface area contributed by atoms with Crippen LogP contribution < -0.4 is 9.64 Å². The van der Waals surface area contributed by atoms with E-state index in [-0.39, 0.29) is 17.7 Å². The van der Waals surface area contributed by atoms with Crippen molar-refractivity contribution in [2.45, 2.75) is 50.4 Å². The van der Waals surface area contributed by atoms with Gasteiger partial charge in [0.2, 0.25) is 5.95 Å². The second kappa shape index (κ2) is 9.80. The SMILES string of the molecule is CC1CCN(c2nnc(SCCOc3ccccc3F)n2CC2CCCO2)CC1. The predicted octanol–water partition coefficient (Wildman–Crippen LogP) is 4.00. The Balaban J connectivity index is 1.40. The molecule has 0 bridgehead atoms. The number of ether oxygens (including phenoxy) is 2. The van der Waals surface area contributed by atoms with E-state index in [2.05, 4.69) is 26.6 Å². The molecule has 29 heavy (non-hydrogen) atoms. The summed E-state index contributed by atoms with van der Waals surface area (Å²) in [6, 6.07) is 6.49. The molecule has 2 aromatic rings. The summed E-state index contributed by atoms with van der Waals surface area (Å²) in [4.78, 5) is 2.35. The van der Waals surface area contributed by atoms with Crippen molar-refractivity contribution in [1.82, 2.24) is 14.8 Å². The van der Waals surface area contributed by atoms with Crippen LogP contribution in [0.2, 0.25) is 0 Å². The van der Waals surface area contributed by atoms with Gasteiger partial charge >= 0.3 is 0 Å². The zero-order valence-electron chi connectivity index (χ0n) is 16.9. The molecule has 6 nitrogen and oxygen atoms in total. The molecule has 1 aromatic carbocycles. The van der Waals surface area contributed by atoms with Crippen LogP contribution in [-0.4, -0.2) is 52.9 Å². The number of hydrogen-bond donors (Lipinski definition) is 0. The molecule has 0 amide bonds. The lowest BCUT2D eigenvalue weighted by Crippen LogP contribution is -2.35. The fraction of sp³-hybridized carbons (Fsp3) is 0.619. The number of benzene rings is 1. The van der Waals surface area contributed by atoms with Crippen molar-refractivity contribution < 1.29 is 13.9 Å². The van der Waals surface area contributed by atoms with Crippen molar-refractivity contribution in [3.63, 3.8) is 0 Å². The largest absolute Gasteiger partial charge is 0.490 e. The van der Waals surface area contributed by atoms with E-state index in [1.807, 2.05) is 0 Å². The van der Waals surface area contributed by atoms with Crippen LogP contribution in [0.3, 0.4) is 0 Å². The van der Waals surface area contributed by atoms with E-state index in [1.54, 1.807) is 30.0 Å². The van der Waals surface area contributed by atoms with Gasteiger partial charge in [0.25, 0.3) is 0 Å². The van der Waals surface area contributed by atoms with Crippen LogP contribution in [0.15, 0.2) is 29.4 Å². The molecule has 2 fully saturated rings. The fourth-order valence-corrected chi connectivity index (χ4v) is 4.59. The van der Waals surface area contributed by atoms with Crippen molar-refractivity contribution in [2.75, 3.05) is 37.0 Å². The van der Waals surface area contributed by atoms with Crippen molar-refractivity contribution in [3.8, 4) is 5.75 Å². The summed E-state index contributed by atoms with van der Waals surface area (Å²) in [5, 5.41) is 9.86. The van der Waals surface area contributed by atoms with Crippen molar-refractivity contribution in [3.05, 3.63) is 30.1 Å². The molecular formula is C21H29FN4O2S. The molecule has 1 aromatic heterocycles. The molecule has 2 saturated heterocycles. The normalized spacial score (nSPS) is 20.3. The minimum atomic E-state index is -0.333. The van der Waals surface area contributed by atoms with Gasteiger partial charge in [0.1, 0.15) is 0 Å². The van der Waals surface area contributed by atoms with E-state index in [0.29, 0.717) is 12.4 Å². The number of halogens is 1. The van der Waals surface area contributed by atoms with Crippen molar-refractivity contribution in [2.24, 2.45) is 5.92 Å². The Morgan fingerprint density at radius 3 is 2.79 bits per heavy atom. The molecule has 2 aliphatic heterocycles. The standard InChI is InChI=1S/C21H29FN4O2S/c1-16-8-10-25(11-9-16)20-23-24-21(26(20)15-17-5-4-12-27-17)29-14-13-28-19-7-3-2-6-18(19)22/h2-3,6-7,16-17H,4-5,8-15H2,1H3. The lowest BCUT2D eigenvalue weighted by molar-refractivity contribution is 0.0951. The third-order valence-corrected chi connectivity index (χ3v) is 6.51. The van der Waals surface area contributed by atoms with E-state index in [9.17, 15) is 4.39 Å². The highest BCUT2D eigenvalue weighted by atomic mass is 32.2. The average Bonchev–Trinajstić information content (AvgIpc) is 3.38. The first-order valence-electron chi connectivity index (χ1n) is 10.5. The summed E-state index contributed by atoms with van der Waals surface area (Å²) in [7, 11) is 0. The smallest absolute Gasteiger partial charge is 0.228 e. The van der Waals surface area contributed by atoms with Crippen LogP contribution in [0.4, 0.5) is 10.3 Å². The van der Waals surface area contributed by atoms with Crippen LogP contribution in [0.1, 0.15) is 32.6 Å². The quantitative estimate of drug-likeness (QED) is 0.475. The molecule has 0 aliphatic carbocycles. The minimum Gasteiger partial charge on any atom is -0.490 e. The molecule has 1 atom stereocenters. The minimum absolute atomic E-state index is 0.225. The highest BCUT2D eigenvalue weighted by Gasteiger charge is 2.25. The molecular weight excluding hydrogens is 391 g/mol. The monoisotopic (exact) mass is 420 g/mol. The summed E-state index contributed by atoms with van der Waals surface area (Å²) in [5.74, 6) is 2.35. The van der Waals surface area contributed by atoms with Gasteiger partial charge in [-0.3, -0.25) is 4.57 Å². The Kier molecular flexibility index (Phi) is 6.92. The first kappa shape index (κ1) is 20.5. The van der Waals surface area contributed by atoms with E-state index >= 15 is 0 Å². The van der Waals surface area contributed by atoms with Gasteiger partial charge in [0.15, 0.2) is 16.7 Å². The zero-order valence-corrected chi connectivity index (χ0v) is 17.7. The summed E-state index contributed by atoms with van der Waals surface area (Å²) >= 11 is 1.60. The maximum absolute atomic E-state index is 13.7. The molecule has 0 N–H and O–H groups in total. The number of nitrogens with zero attached hydrogens (tertiary/aromatic N) is 4. The molecule has 8 heteroatoms. The highest BCUT2D eigenvalue weighted by Crippen LogP contribution is 2.28. The second-order valence-electron chi connectivity index (χ2n) is 7.83. The number of thioether (sulfide) groups is 1. The van der Waals surface area contributed by atoms with Gasteiger partial charge in [0.05, 0.1) is 19.3 Å². The molecule has 1 unspecified atom stereocenters. The highest BCUT2D eigenvalue weighted by molar-refractivity contribution is 7.99.